The maximum absolute atomic E-state index is 11.5. The van der Waals surface area contributed by atoms with E-state index in [1.54, 1.807) is 18.0 Å². The number of guanidine groups is 1. The van der Waals surface area contributed by atoms with Crippen LogP contribution in [0.3, 0.4) is 0 Å². The lowest BCUT2D eigenvalue weighted by atomic mass is 10.2. The minimum atomic E-state index is -0.455. The first kappa shape index (κ1) is 24.1. The van der Waals surface area contributed by atoms with Crippen molar-refractivity contribution in [2.24, 2.45) is 15.7 Å². The maximum atomic E-state index is 11.5. The predicted molar refractivity (Wildman–Crippen MR) is 113 cm³/mol. The standard InChI is InChI=1S/C16H24N6O3.C2H6/c1-6-7-18-16(17)19-12-10-14(22(23)24)13(11-15(12)25-5)21(4)9-8-20(2)3;1-2/h6-7,10-11H,1,8-9H2,2-5H3,(H2,17,19);1-2H3/b18-7-;. The zero-order chi connectivity index (χ0) is 21.0. The highest BCUT2D eigenvalue weighted by Gasteiger charge is 2.21. The first-order valence-corrected chi connectivity index (χ1v) is 8.51. The molecule has 2 N–H and O–H groups in total. The number of likely N-dealkylation sites (N-methyl/N-ethyl adjacent to an activating group) is 2. The molecule has 27 heavy (non-hydrogen) atoms. The second-order valence-corrected chi connectivity index (χ2v) is 5.48. The first-order valence-electron chi connectivity index (χ1n) is 8.51. The van der Waals surface area contributed by atoms with Gasteiger partial charge >= 0.3 is 0 Å². The zero-order valence-corrected chi connectivity index (χ0v) is 17.0. The summed E-state index contributed by atoms with van der Waals surface area (Å²) in [5, 5.41) is 11.5. The molecule has 0 radical (unpaired) electrons. The van der Waals surface area contributed by atoms with E-state index in [4.69, 9.17) is 10.5 Å². The van der Waals surface area contributed by atoms with E-state index in [2.05, 4.69) is 16.6 Å². The molecule has 0 aliphatic heterocycles. The molecule has 150 valence electrons. The van der Waals surface area contributed by atoms with E-state index >= 15 is 0 Å². The zero-order valence-electron chi connectivity index (χ0n) is 17.0. The smallest absolute Gasteiger partial charge is 0.294 e. The molecule has 0 saturated heterocycles. The molecule has 0 atom stereocenters. The Balaban J connectivity index is 0.00000326. The Labute approximate surface area is 161 Å². The van der Waals surface area contributed by atoms with Gasteiger partial charge in [-0.3, -0.25) is 10.1 Å². The van der Waals surface area contributed by atoms with Crippen molar-refractivity contribution in [3.8, 4) is 5.75 Å². The van der Waals surface area contributed by atoms with Gasteiger partial charge in [0.2, 0.25) is 5.96 Å². The number of nitro benzene ring substituents is 1. The summed E-state index contributed by atoms with van der Waals surface area (Å²) in [5.41, 5.74) is 6.28. The van der Waals surface area contributed by atoms with Crippen molar-refractivity contribution in [3.05, 3.63) is 34.9 Å². The van der Waals surface area contributed by atoms with Crippen molar-refractivity contribution >= 4 is 29.2 Å². The van der Waals surface area contributed by atoms with Crippen LogP contribution in [0.25, 0.3) is 0 Å². The van der Waals surface area contributed by atoms with Gasteiger partial charge in [-0.25, -0.2) is 9.98 Å². The molecule has 1 aromatic carbocycles. The fraction of sp³-hybridized carbons (Fsp3) is 0.444. The third-order valence-corrected chi connectivity index (χ3v) is 3.31. The summed E-state index contributed by atoms with van der Waals surface area (Å²) < 4.78 is 5.31. The van der Waals surface area contributed by atoms with Gasteiger partial charge in [-0.2, -0.15) is 0 Å². The number of allylic oxidation sites excluding steroid dienone is 1. The summed E-state index contributed by atoms with van der Waals surface area (Å²) in [6.07, 6.45) is 2.83. The molecule has 0 aromatic heterocycles. The quantitative estimate of drug-likeness (QED) is 0.322. The summed E-state index contributed by atoms with van der Waals surface area (Å²) in [4.78, 5) is 22.7. The summed E-state index contributed by atoms with van der Waals surface area (Å²) in [5.74, 6) is 0.315. The van der Waals surface area contributed by atoms with Gasteiger partial charge in [0.15, 0.2) is 0 Å². The fourth-order valence-corrected chi connectivity index (χ4v) is 2.00. The third-order valence-electron chi connectivity index (χ3n) is 3.31. The van der Waals surface area contributed by atoms with Crippen molar-refractivity contribution in [1.82, 2.24) is 4.90 Å². The van der Waals surface area contributed by atoms with E-state index in [1.807, 2.05) is 32.8 Å². The summed E-state index contributed by atoms with van der Waals surface area (Å²) in [6.45, 7) is 8.85. The minimum Gasteiger partial charge on any atom is -0.494 e. The molecule has 9 nitrogen and oxygen atoms in total. The van der Waals surface area contributed by atoms with E-state index in [0.717, 1.165) is 6.54 Å². The number of nitro groups is 1. The third kappa shape index (κ3) is 7.87. The lowest BCUT2D eigenvalue weighted by molar-refractivity contribution is -0.384. The number of benzene rings is 1. The van der Waals surface area contributed by atoms with Crippen LogP contribution in [0.1, 0.15) is 13.8 Å². The van der Waals surface area contributed by atoms with Crippen LogP contribution in [0, 0.1) is 10.1 Å². The number of nitrogens with two attached hydrogens (primary N) is 1. The van der Waals surface area contributed by atoms with Crippen LogP contribution >= 0.6 is 0 Å². The number of methoxy groups -OCH3 is 1. The number of hydrogen-bond donors (Lipinski definition) is 1. The van der Waals surface area contributed by atoms with Gasteiger partial charge in [-0.15, -0.1) is 0 Å². The molecule has 1 rings (SSSR count). The monoisotopic (exact) mass is 378 g/mol. The van der Waals surface area contributed by atoms with Gasteiger partial charge in [0.1, 0.15) is 17.1 Å². The van der Waals surface area contributed by atoms with Crippen LogP contribution < -0.4 is 15.4 Å². The number of hydrogen-bond acceptors (Lipinski definition) is 6. The average molecular weight is 378 g/mol. The van der Waals surface area contributed by atoms with E-state index < -0.39 is 4.92 Å². The molecule has 9 heteroatoms. The molecule has 0 aliphatic carbocycles. The van der Waals surface area contributed by atoms with Crippen molar-refractivity contribution < 1.29 is 9.66 Å². The Morgan fingerprint density at radius 3 is 2.44 bits per heavy atom. The molecule has 0 spiro atoms. The highest BCUT2D eigenvalue weighted by molar-refractivity contribution is 5.92. The number of rotatable bonds is 8. The first-order chi connectivity index (χ1) is 12.8. The van der Waals surface area contributed by atoms with Crippen LogP contribution in [-0.2, 0) is 0 Å². The second kappa shape index (κ2) is 12.4. The molecular weight excluding hydrogens is 348 g/mol. The lowest BCUT2D eigenvalue weighted by Crippen LogP contribution is -2.28. The molecule has 0 bridgehead atoms. The van der Waals surface area contributed by atoms with Crippen molar-refractivity contribution in [3.63, 3.8) is 0 Å². The maximum Gasteiger partial charge on any atom is 0.294 e. The number of anilines is 1. The molecular formula is C18H30N6O3. The van der Waals surface area contributed by atoms with Gasteiger partial charge in [0.05, 0.1) is 12.0 Å². The molecule has 0 unspecified atom stereocenters. The molecule has 0 fully saturated rings. The van der Waals surface area contributed by atoms with Crippen molar-refractivity contribution in [1.29, 1.82) is 0 Å². The van der Waals surface area contributed by atoms with E-state index in [-0.39, 0.29) is 17.3 Å². The summed E-state index contributed by atoms with van der Waals surface area (Å²) in [6, 6.07) is 2.91. The summed E-state index contributed by atoms with van der Waals surface area (Å²) >= 11 is 0. The largest absolute Gasteiger partial charge is 0.494 e. The number of aliphatic imine (C=N–C) groups is 2. The van der Waals surface area contributed by atoms with Gasteiger partial charge in [0.25, 0.3) is 5.69 Å². The Morgan fingerprint density at radius 2 is 1.96 bits per heavy atom. The van der Waals surface area contributed by atoms with Crippen LogP contribution in [0.5, 0.6) is 5.75 Å². The topological polar surface area (TPSA) is 110 Å². The van der Waals surface area contributed by atoms with Crippen LogP contribution in [0.15, 0.2) is 34.8 Å². The van der Waals surface area contributed by atoms with E-state index in [0.29, 0.717) is 18.0 Å². The molecule has 1 aromatic rings. The van der Waals surface area contributed by atoms with Crippen molar-refractivity contribution in [2.45, 2.75) is 13.8 Å². The summed E-state index contributed by atoms with van der Waals surface area (Å²) in [7, 11) is 7.13. The molecule has 0 aliphatic rings. The Morgan fingerprint density at radius 1 is 1.33 bits per heavy atom. The van der Waals surface area contributed by atoms with Crippen LogP contribution in [0.2, 0.25) is 0 Å². The molecule has 0 amide bonds. The fourth-order valence-electron chi connectivity index (χ4n) is 2.00. The Bertz CT molecular complexity index is 686. The SMILES string of the molecule is C=C/C=N\C(N)=Nc1cc([N+](=O)[O-])c(N(C)CCN(C)C)cc1OC.CC. The average Bonchev–Trinajstić information content (AvgIpc) is 2.65. The predicted octanol–water partition coefficient (Wildman–Crippen LogP) is 2.83. The molecule has 0 saturated carbocycles. The number of ether oxygens (including phenoxy) is 1. The van der Waals surface area contributed by atoms with Crippen molar-refractivity contribution in [2.75, 3.05) is 46.2 Å². The van der Waals surface area contributed by atoms with Crippen LogP contribution in [-0.4, -0.2) is 63.3 Å². The normalized spacial score (nSPS) is 11.1. The van der Waals surface area contributed by atoms with E-state index in [9.17, 15) is 10.1 Å². The Kier molecular flexibility index (Phi) is 11.1. The highest BCUT2D eigenvalue weighted by atomic mass is 16.6. The van der Waals surface area contributed by atoms with Gasteiger partial charge in [-0.05, 0) is 14.1 Å². The van der Waals surface area contributed by atoms with Gasteiger partial charge in [-0.1, -0.05) is 26.5 Å². The second-order valence-electron chi connectivity index (χ2n) is 5.48. The minimum absolute atomic E-state index is 0.0544. The van der Waals surface area contributed by atoms with Gasteiger partial charge in [0, 0.05) is 38.5 Å². The van der Waals surface area contributed by atoms with E-state index in [1.165, 1.54) is 25.5 Å². The molecule has 0 heterocycles. The van der Waals surface area contributed by atoms with Crippen LogP contribution in [0.4, 0.5) is 17.1 Å². The van der Waals surface area contributed by atoms with Gasteiger partial charge < -0.3 is 20.3 Å². The lowest BCUT2D eigenvalue weighted by Gasteiger charge is -2.22. The Hall–Kier alpha value is -2.94. The highest BCUT2D eigenvalue weighted by Crippen LogP contribution is 2.39. The number of nitrogens with zero attached hydrogens (tertiary/aromatic N) is 5.